The number of carbonyl (C=O) groups excluding carboxylic acids is 1. The maximum Gasteiger partial charge on any atom is 0.242 e. The first-order chi connectivity index (χ1) is 14.6. The molecule has 0 saturated carbocycles. The van der Waals surface area contributed by atoms with E-state index in [9.17, 15) is 9.18 Å². The predicted molar refractivity (Wildman–Crippen MR) is 114 cm³/mol. The van der Waals surface area contributed by atoms with Crippen molar-refractivity contribution in [2.45, 2.75) is 10.4 Å². The lowest BCUT2D eigenvalue weighted by Crippen LogP contribution is -2.19. The summed E-state index contributed by atoms with van der Waals surface area (Å²) in [6.45, 7) is 0. The van der Waals surface area contributed by atoms with Gasteiger partial charge in [0.25, 0.3) is 0 Å². The largest absolute Gasteiger partial charge is 0.325 e. The molecule has 6 nitrogen and oxygen atoms in total. The van der Waals surface area contributed by atoms with Crippen molar-refractivity contribution in [3.8, 4) is 11.4 Å². The molecule has 4 aromatic rings. The number of hydrogen-bond donors (Lipinski definition) is 1. The van der Waals surface area contributed by atoms with Crippen LogP contribution in [0.25, 0.3) is 11.4 Å². The summed E-state index contributed by atoms with van der Waals surface area (Å²) in [7, 11) is 1.86. The van der Waals surface area contributed by atoms with E-state index in [0.29, 0.717) is 16.7 Å². The van der Waals surface area contributed by atoms with Crippen LogP contribution in [0.4, 0.5) is 10.1 Å². The minimum atomic E-state index is -0.565. The molecule has 4 rings (SSSR count). The van der Waals surface area contributed by atoms with Crippen molar-refractivity contribution in [3.05, 3.63) is 90.5 Å². The third kappa shape index (κ3) is 4.38. The molecule has 0 bridgehead atoms. The Morgan fingerprint density at radius 1 is 1.00 bits per heavy atom. The predicted octanol–water partition coefficient (Wildman–Crippen LogP) is 4.49. The smallest absolute Gasteiger partial charge is 0.242 e. The minimum Gasteiger partial charge on any atom is -0.325 e. The summed E-state index contributed by atoms with van der Waals surface area (Å²) in [6, 6.07) is 18.8. The van der Waals surface area contributed by atoms with Gasteiger partial charge in [0, 0.05) is 30.7 Å². The summed E-state index contributed by atoms with van der Waals surface area (Å²) in [6.07, 6.45) is 3.39. The molecule has 0 saturated heterocycles. The first kappa shape index (κ1) is 19.8. The minimum absolute atomic E-state index is 0.230. The zero-order valence-corrected chi connectivity index (χ0v) is 16.9. The van der Waals surface area contributed by atoms with Gasteiger partial charge in [0.05, 0.1) is 0 Å². The third-order valence-corrected chi connectivity index (χ3v) is 5.74. The monoisotopic (exact) mass is 419 g/mol. The second-order valence-electron chi connectivity index (χ2n) is 6.51. The van der Waals surface area contributed by atoms with E-state index >= 15 is 0 Å². The fourth-order valence-electron chi connectivity index (χ4n) is 2.92. The molecule has 30 heavy (non-hydrogen) atoms. The van der Waals surface area contributed by atoms with Gasteiger partial charge in [-0.2, -0.15) is 0 Å². The Morgan fingerprint density at radius 2 is 1.70 bits per heavy atom. The highest BCUT2D eigenvalue weighted by molar-refractivity contribution is 8.00. The summed E-state index contributed by atoms with van der Waals surface area (Å²) < 4.78 is 15.0. The van der Waals surface area contributed by atoms with Gasteiger partial charge >= 0.3 is 0 Å². The summed E-state index contributed by atoms with van der Waals surface area (Å²) in [4.78, 5) is 17.1. The molecule has 1 atom stereocenters. The maximum atomic E-state index is 13.2. The van der Waals surface area contributed by atoms with E-state index in [-0.39, 0.29) is 11.7 Å². The average molecular weight is 419 g/mol. The SMILES string of the molecule is Cn1c(S[C@H](C(=O)Nc2ccc(F)cc2)c2ccccc2)nnc1-c1ccncc1. The number of amides is 1. The van der Waals surface area contributed by atoms with E-state index in [2.05, 4.69) is 20.5 Å². The fourth-order valence-corrected chi connectivity index (χ4v) is 3.92. The van der Waals surface area contributed by atoms with Crippen LogP contribution in [0.1, 0.15) is 10.8 Å². The van der Waals surface area contributed by atoms with Gasteiger partial charge in [-0.25, -0.2) is 4.39 Å². The average Bonchev–Trinajstić information content (AvgIpc) is 3.15. The van der Waals surface area contributed by atoms with E-state index in [1.807, 2.05) is 54.1 Å². The molecule has 0 spiro atoms. The van der Waals surface area contributed by atoms with Crippen molar-refractivity contribution in [1.29, 1.82) is 0 Å². The highest BCUT2D eigenvalue weighted by Crippen LogP contribution is 2.36. The molecular weight excluding hydrogens is 401 g/mol. The van der Waals surface area contributed by atoms with Crippen molar-refractivity contribution in [2.24, 2.45) is 7.05 Å². The quantitative estimate of drug-likeness (QED) is 0.466. The molecule has 1 N–H and O–H groups in total. The second kappa shape index (κ2) is 8.87. The molecule has 8 heteroatoms. The number of nitrogens with one attached hydrogen (secondary N) is 1. The zero-order valence-electron chi connectivity index (χ0n) is 16.1. The summed E-state index contributed by atoms with van der Waals surface area (Å²) in [5, 5.41) is 11.5. The third-order valence-electron chi connectivity index (χ3n) is 4.45. The van der Waals surface area contributed by atoms with Crippen molar-refractivity contribution in [3.63, 3.8) is 0 Å². The number of aromatic nitrogens is 4. The lowest BCUT2D eigenvalue weighted by molar-refractivity contribution is -0.115. The number of halogens is 1. The molecule has 0 fully saturated rings. The number of carbonyl (C=O) groups is 1. The molecule has 0 radical (unpaired) electrons. The van der Waals surface area contributed by atoms with Gasteiger partial charge in [0.1, 0.15) is 11.1 Å². The van der Waals surface area contributed by atoms with Crippen molar-refractivity contribution in [1.82, 2.24) is 19.7 Å². The molecule has 0 aliphatic rings. The first-order valence-corrected chi connectivity index (χ1v) is 10.1. The fraction of sp³-hybridized carbons (Fsp3) is 0.0909. The van der Waals surface area contributed by atoms with Crippen LogP contribution in [0.2, 0.25) is 0 Å². The van der Waals surface area contributed by atoms with Crippen LogP contribution < -0.4 is 5.32 Å². The van der Waals surface area contributed by atoms with Gasteiger partial charge in [-0.3, -0.25) is 9.78 Å². The molecule has 0 aliphatic carbocycles. The van der Waals surface area contributed by atoms with E-state index in [1.54, 1.807) is 12.4 Å². The lowest BCUT2D eigenvalue weighted by Gasteiger charge is -2.16. The van der Waals surface area contributed by atoms with E-state index in [4.69, 9.17) is 0 Å². The Labute approximate surface area is 177 Å². The maximum absolute atomic E-state index is 13.2. The molecule has 150 valence electrons. The van der Waals surface area contributed by atoms with Crippen LogP contribution in [0.3, 0.4) is 0 Å². The second-order valence-corrected chi connectivity index (χ2v) is 7.58. The summed E-state index contributed by atoms with van der Waals surface area (Å²) in [5.74, 6) is 0.0987. The van der Waals surface area contributed by atoms with Gasteiger partial charge in [0.2, 0.25) is 5.91 Å². The summed E-state index contributed by atoms with van der Waals surface area (Å²) >= 11 is 1.30. The van der Waals surface area contributed by atoms with Crippen molar-refractivity contribution in [2.75, 3.05) is 5.32 Å². The van der Waals surface area contributed by atoms with Gasteiger partial charge in [-0.05, 0) is 42.0 Å². The Bertz CT molecular complexity index is 1130. The van der Waals surface area contributed by atoms with Gasteiger partial charge in [0.15, 0.2) is 11.0 Å². The Morgan fingerprint density at radius 3 is 2.40 bits per heavy atom. The highest BCUT2D eigenvalue weighted by atomic mass is 32.2. The van der Waals surface area contributed by atoms with Crippen LogP contribution >= 0.6 is 11.8 Å². The Hall–Kier alpha value is -3.52. The van der Waals surface area contributed by atoms with Crippen molar-refractivity contribution >= 4 is 23.4 Å². The number of pyridine rings is 1. The number of rotatable bonds is 6. The number of nitrogens with zero attached hydrogens (tertiary/aromatic N) is 4. The molecule has 2 aromatic carbocycles. The van der Waals surface area contributed by atoms with Gasteiger partial charge in [-0.15, -0.1) is 10.2 Å². The molecule has 0 aliphatic heterocycles. The molecule has 2 aromatic heterocycles. The molecule has 2 heterocycles. The van der Waals surface area contributed by atoms with Gasteiger partial charge in [-0.1, -0.05) is 42.1 Å². The van der Waals surface area contributed by atoms with E-state index < -0.39 is 5.25 Å². The van der Waals surface area contributed by atoms with Crippen LogP contribution in [-0.4, -0.2) is 25.7 Å². The molecular formula is C22H18FN5OS. The normalized spacial score (nSPS) is 11.8. The van der Waals surface area contributed by atoms with Crippen LogP contribution in [0, 0.1) is 5.82 Å². The topological polar surface area (TPSA) is 72.7 Å². The first-order valence-electron chi connectivity index (χ1n) is 9.19. The van der Waals surface area contributed by atoms with Crippen LogP contribution in [0.5, 0.6) is 0 Å². The van der Waals surface area contributed by atoms with Crippen LogP contribution in [0.15, 0.2) is 84.3 Å². The molecule has 0 unspecified atom stereocenters. The Balaban J connectivity index is 1.62. The zero-order chi connectivity index (χ0) is 20.9. The Kier molecular flexibility index (Phi) is 5.85. The van der Waals surface area contributed by atoms with Crippen LogP contribution in [-0.2, 0) is 11.8 Å². The standard InChI is InChI=1S/C22H18FN5OS/c1-28-20(16-11-13-24-14-12-16)26-27-22(28)30-19(15-5-3-2-4-6-15)21(29)25-18-9-7-17(23)8-10-18/h2-14,19H,1H3,(H,25,29)/t19-/m0/s1. The number of hydrogen-bond acceptors (Lipinski definition) is 5. The highest BCUT2D eigenvalue weighted by Gasteiger charge is 2.25. The molecule has 1 amide bonds. The lowest BCUT2D eigenvalue weighted by atomic mass is 10.1. The van der Waals surface area contributed by atoms with E-state index in [1.165, 1.54) is 36.0 Å². The summed E-state index contributed by atoms with van der Waals surface area (Å²) in [5.41, 5.74) is 2.24. The number of benzene rings is 2. The van der Waals surface area contributed by atoms with Gasteiger partial charge < -0.3 is 9.88 Å². The number of thioether (sulfide) groups is 1. The van der Waals surface area contributed by atoms with Crippen molar-refractivity contribution < 1.29 is 9.18 Å². The van der Waals surface area contributed by atoms with E-state index in [0.717, 1.165) is 11.1 Å². The number of anilines is 1.